The van der Waals surface area contributed by atoms with Crippen molar-refractivity contribution < 1.29 is 4.74 Å². The molecule has 1 aromatic carbocycles. The third kappa shape index (κ3) is 5.83. The van der Waals surface area contributed by atoms with Crippen LogP contribution in [0.3, 0.4) is 0 Å². The average molecular weight is 238 g/mol. The molecule has 1 heteroatoms. The van der Waals surface area contributed by atoms with Crippen molar-refractivity contribution in [2.75, 3.05) is 7.11 Å². The van der Waals surface area contributed by atoms with Gasteiger partial charge in [0.2, 0.25) is 0 Å². The highest BCUT2D eigenvalue weighted by Crippen LogP contribution is 2.09. The Bertz CT molecular complexity index is 486. The van der Waals surface area contributed by atoms with Gasteiger partial charge in [0.1, 0.15) is 5.75 Å². The Morgan fingerprint density at radius 2 is 1.83 bits per heavy atom. The monoisotopic (exact) mass is 238 g/mol. The third-order valence-corrected chi connectivity index (χ3v) is 2.31. The van der Waals surface area contributed by atoms with Crippen molar-refractivity contribution in [2.45, 2.75) is 26.2 Å². The summed E-state index contributed by atoms with van der Waals surface area (Å²) in [5.74, 6) is 12.9. The van der Waals surface area contributed by atoms with Crippen molar-refractivity contribution in [1.29, 1.82) is 0 Å². The van der Waals surface area contributed by atoms with E-state index in [-0.39, 0.29) is 0 Å². The van der Waals surface area contributed by atoms with Crippen LogP contribution < -0.4 is 4.74 Å². The molecule has 92 valence electrons. The second-order valence-electron chi connectivity index (χ2n) is 3.76. The van der Waals surface area contributed by atoms with Crippen molar-refractivity contribution in [3.63, 3.8) is 0 Å². The fraction of sp³-hybridized carbons (Fsp3) is 0.294. The van der Waals surface area contributed by atoms with E-state index in [0.717, 1.165) is 17.7 Å². The minimum Gasteiger partial charge on any atom is -0.497 e. The van der Waals surface area contributed by atoms with Crippen LogP contribution in [-0.4, -0.2) is 7.11 Å². The minimum absolute atomic E-state index is 0.845. The van der Waals surface area contributed by atoms with Crippen molar-refractivity contribution in [2.24, 2.45) is 0 Å². The largest absolute Gasteiger partial charge is 0.497 e. The first-order chi connectivity index (χ1) is 8.86. The number of unbranched alkanes of at least 4 members (excludes halogenated alkanes) is 2. The molecule has 0 aliphatic carbocycles. The smallest absolute Gasteiger partial charge is 0.118 e. The molecular formula is C17H18O. The van der Waals surface area contributed by atoms with Gasteiger partial charge in [-0.2, -0.15) is 0 Å². The van der Waals surface area contributed by atoms with Gasteiger partial charge < -0.3 is 4.74 Å². The number of rotatable bonds is 3. The van der Waals surface area contributed by atoms with Crippen LogP contribution in [0.25, 0.3) is 0 Å². The molecule has 0 saturated carbocycles. The summed E-state index contributed by atoms with van der Waals surface area (Å²) >= 11 is 0. The van der Waals surface area contributed by atoms with Crippen LogP contribution >= 0.6 is 0 Å². The Labute approximate surface area is 110 Å². The number of allylic oxidation sites excluding steroid dienone is 2. The zero-order valence-electron chi connectivity index (χ0n) is 11.0. The highest BCUT2D eigenvalue weighted by molar-refractivity contribution is 5.40. The Kier molecular flexibility index (Phi) is 6.95. The lowest BCUT2D eigenvalue weighted by molar-refractivity contribution is 0.415. The molecule has 18 heavy (non-hydrogen) atoms. The summed E-state index contributed by atoms with van der Waals surface area (Å²) in [6.45, 7) is 2.16. The van der Waals surface area contributed by atoms with E-state index in [1.165, 1.54) is 12.8 Å². The zero-order valence-corrected chi connectivity index (χ0v) is 11.0. The van der Waals surface area contributed by atoms with E-state index >= 15 is 0 Å². The molecule has 0 aliphatic rings. The summed E-state index contributed by atoms with van der Waals surface area (Å²) in [6.07, 6.45) is 6.90. The molecule has 0 aliphatic heterocycles. The molecule has 0 aromatic heterocycles. The van der Waals surface area contributed by atoms with Gasteiger partial charge in [-0.3, -0.25) is 0 Å². The molecule has 0 heterocycles. The van der Waals surface area contributed by atoms with Crippen molar-refractivity contribution in [3.05, 3.63) is 42.0 Å². The predicted molar refractivity (Wildman–Crippen MR) is 76.3 cm³/mol. The lowest BCUT2D eigenvalue weighted by Gasteiger charge is -1.97. The van der Waals surface area contributed by atoms with Crippen LogP contribution in [0.2, 0.25) is 0 Å². The van der Waals surface area contributed by atoms with E-state index in [4.69, 9.17) is 4.74 Å². The fourth-order valence-electron chi connectivity index (χ4n) is 1.28. The van der Waals surface area contributed by atoms with Crippen molar-refractivity contribution in [3.8, 4) is 29.4 Å². The highest BCUT2D eigenvalue weighted by Gasteiger charge is 1.88. The molecule has 0 fully saturated rings. The Morgan fingerprint density at radius 3 is 2.50 bits per heavy atom. The summed E-state index contributed by atoms with van der Waals surface area (Å²) in [5.41, 5.74) is 0.972. The van der Waals surface area contributed by atoms with Crippen LogP contribution in [0.5, 0.6) is 5.75 Å². The minimum atomic E-state index is 0.845. The lowest BCUT2D eigenvalue weighted by atomic mass is 10.2. The zero-order chi connectivity index (χ0) is 13.1. The van der Waals surface area contributed by atoms with Crippen LogP contribution in [0, 0.1) is 23.7 Å². The maximum atomic E-state index is 5.08. The maximum Gasteiger partial charge on any atom is 0.118 e. The van der Waals surface area contributed by atoms with Gasteiger partial charge in [0.25, 0.3) is 0 Å². The summed E-state index contributed by atoms with van der Waals surface area (Å²) in [4.78, 5) is 0. The van der Waals surface area contributed by atoms with E-state index in [2.05, 4.69) is 30.6 Å². The number of ether oxygens (including phenoxy) is 1. The normalized spacial score (nSPS) is 9.22. The topological polar surface area (TPSA) is 9.23 Å². The van der Waals surface area contributed by atoms with E-state index in [0.29, 0.717) is 0 Å². The molecule has 0 N–H and O–H groups in total. The molecule has 0 unspecified atom stereocenters. The van der Waals surface area contributed by atoms with Crippen LogP contribution in [0.1, 0.15) is 31.7 Å². The lowest BCUT2D eigenvalue weighted by Crippen LogP contribution is -1.81. The summed E-state index contributed by atoms with van der Waals surface area (Å²) in [6, 6.07) is 7.68. The van der Waals surface area contributed by atoms with E-state index in [1.807, 2.05) is 24.3 Å². The molecule has 0 bridgehead atoms. The van der Waals surface area contributed by atoms with Crippen molar-refractivity contribution in [1.82, 2.24) is 0 Å². The van der Waals surface area contributed by atoms with Gasteiger partial charge in [-0.25, -0.2) is 0 Å². The SMILES string of the molecule is CCCCC#C/C=C\C#Cc1ccc(OC)cc1. The molecule has 1 aromatic rings. The standard InChI is InChI=1S/C17H18O/c1-3-4-5-6-7-8-9-10-11-16-12-14-17(18-2)15-13-16/h8-9,12-15H,3-5H2,1-2H3/b9-8-. The Balaban J connectivity index is 2.44. The highest BCUT2D eigenvalue weighted by atomic mass is 16.5. The second kappa shape index (κ2) is 8.97. The van der Waals surface area contributed by atoms with E-state index in [9.17, 15) is 0 Å². The summed E-state index contributed by atoms with van der Waals surface area (Å²) in [7, 11) is 1.65. The predicted octanol–water partition coefficient (Wildman–Crippen LogP) is 3.80. The van der Waals surface area contributed by atoms with Gasteiger partial charge in [0, 0.05) is 12.0 Å². The number of hydrogen-bond acceptors (Lipinski definition) is 1. The van der Waals surface area contributed by atoms with Gasteiger partial charge >= 0.3 is 0 Å². The quantitative estimate of drug-likeness (QED) is 0.575. The second-order valence-corrected chi connectivity index (χ2v) is 3.76. The summed E-state index contributed by atoms with van der Waals surface area (Å²) < 4.78 is 5.08. The van der Waals surface area contributed by atoms with Gasteiger partial charge in [0.05, 0.1) is 7.11 Å². The van der Waals surface area contributed by atoms with Crippen LogP contribution in [-0.2, 0) is 0 Å². The molecule has 0 radical (unpaired) electrons. The third-order valence-electron chi connectivity index (χ3n) is 2.31. The molecule has 1 nitrogen and oxygen atoms in total. The fourth-order valence-corrected chi connectivity index (χ4v) is 1.28. The van der Waals surface area contributed by atoms with Gasteiger partial charge in [-0.05, 0) is 42.8 Å². The van der Waals surface area contributed by atoms with Crippen LogP contribution in [0.4, 0.5) is 0 Å². The van der Waals surface area contributed by atoms with Crippen molar-refractivity contribution >= 4 is 0 Å². The maximum absolute atomic E-state index is 5.08. The molecular weight excluding hydrogens is 220 g/mol. The van der Waals surface area contributed by atoms with Gasteiger partial charge in [-0.1, -0.05) is 37.0 Å². The first kappa shape index (κ1) is 13.9. The van der Waals surface area contributed by atoms with E-state index < -0.39 is 0 Å². The number of methoxy groups -OCH3 is 1. The molecule has 0 atom stereocenters. The molecule has 0 amide bonds. The van der Waals surface area contributed by atoms with Gasteiger partial charge in [-0.15, -0.1) is 0 Å². The van der Waals surface area contributed by atoms with E-state index in [1.54, 1.807) is 19.3 Å². The Morgan fingerprint density at radius 1 is 1.11 bits per heavy atom. The summed E-state index contributed by atoms with van der Waals surface area (Å²) in [5, 5.41) is 0. The first-order valence-electron chi connectivity index (χ1n) is 6.16. The molecule has 0 saturated heterocycles. The Hall–Kier alpha value is -2.12. The average Bonchev–Trinajstić information content (AvgIpc) is 2.42. The number of benzene rings is 1. The molecule has 0 spiro atoms. The first-order valence-corrected chi connectivity index (χ1v) is 6.16. The number of hydrogen-bond donors (Lipinski definition) is 0. The van der Waals surface area contributed by atoms with Gasteiger partial charge in [0.15, 0.2) is 0 Å². The van der Waals surface area contributed by atoms with Crippen LogP contribution in [0.15, 0.2) is 36.4 Å². The molecule has 1 rings (SSSR count).